The van der Waals surface area contributed by atoms with Crippen LogP contribution in [0.3, 0.4) is 0 Å². The lowest BCUT2D eigenvalue weighted by molar-refractivity contribution is -0.139. The monoisotopic (exact) mass is 353 g/mol. The third kappa shape index (κ3) is 6.76. The largest absolute Gasteiger partial charge is 0.489 e. The number of ether oxygens (including phenoxy) is 1. The van der Waals surface area contributed by atoms with E-state index in [1.807, 2.05) is 62.4 Å². The van der Waals surface area contributed by atoms with Gasteiger partial charge in [0.05, 0.1) is 6.21 Å². The van der Waals surface area contributed by atoms with Crippen LogP contribution in [0.5, 0.6) is 5.75 Å². The average molecular weight is 353 g/mol. The topological polar surface area (TPSA) is 79.8 Å². The van der Waals surface area contributed by atoms with Crippen molar-refractivity contribution in [3.63, 3.8) is 0 Å². The summed E-state index contributed by atoms with van der Waals surface area (Å²) in [6, 6.07) is 17.2. The van der Waals surface area contributed by atoms with Gasteiger partial charge in [0, 0.05) is 6.54 Å². The van der Waals surface area contributed by atoms with Gasteiger partial charge in [-0.05, 0) is 29.2 Å². The average Bonchev–Trinajstić information content (AvgIpc) is 2.65. The van der Waals surface area contributed by atoms with Crippen LogP contribution in [0, 0.1) is 5.92 Å². The summed E-state index contributed by atoms with van der Waals surface area (Å²) in [4.78, 5) is 23.2. The lowest BCUT2D eigenvalue weighted by Gasteiger charge is -2.07. The van der Waals surface area contributed by atoms with Crippen LogP contribution < -0.4 is 15.5 Å². The van der Waals surface area contributed by atoms with Gasteiger partial charge in [-0.15, -0.1) is 0 Å². The van der Waals surface area contributed by atoms with Crippen molar-refractivity contribution in [3.05, 3.63) is 65.7 Å². The minimum atomic E-state index is -0.793. The first-order valence-electron chi connectivity index (χ1n) is 8.42. The summed E-state index contributed by atoms with van der Waals surface area (Å²) >= 11 is 0. The van der Waals surface area contributed by atoms with E-state index in [1.165, 1.54) is 6.21 Å². The van der Waals surface area contributed by atoms with E-state index in [0.717, 1.165) is 11.1 Å². The van der Waals surface area contributed by atoms with Gasteiger partial charge in [-0.2, -0.15) is 5.10 Å². The lowest BCUT2D eigenvalue weighted by atomic mass is 10.2. The zero-order valence-electron chi connectivity index (χ0n) is 14.9. The molecule has 0 radical (unpaired) electrons. The molecule has 2 N–H and O–H groups in total. The van der Waals surface area contributed by atoms with Crippen LogP contribution in [0.15, 0.2) is 59.7 Å². The number of hydrogen-bond acceptors (Lipinski definition) is 4. The van der Waals surface area contributed by atoms with Crippen molar-refractivity contribution in [2.75, 3.05) is 6.54 Å². The van der Waals surface area contributed by atoms with Crippen molar-refractivity contribution in [1.29, 1.82) is 0 Å². The van der Waals surface area contributed by atoms with Crippen LogP contribution >= 0.6 is 0 Å². The molecule has 0 unspecified atom stereocenters. The van der Waals surface area contributed by atoms with Gasteiger partial charge in [0.15, 0.2) is 0 Å². The van der Waals surface area contributed by atoms with E-state index >= 15 is 0 Å². The Morgan fingerprint density at radius 2 is 1.85 bits per heavy atom. The molecule has 0 aliphatic rings. The lowest BCUT2D eigenvalue weighted by Crippen LogP contribution is -2.39. The Hall–Kier alpha value is -3.15. The molecule has 26 heavy (non-hydrogen) atoms. The highest BCUT2D eigenvalue weighted by Gasteiger charge is 2.12. The van der Waals surface area contributed by atoms with Crippen molar-refractivity contribution in [2.24, 2.45) is 11.0 Å². The molecule has 0 aliphatic heterocycles. The fourth-order valence-electron chi connectivity index (χ4n) is 2.02. The SMILES string of the molecule is CC(C)CNC(=O)C(=O)N/N=C/c1cccc(OCc2ccccc2)c1. The zero-order chi connectivity index (χ0) is 18.8. The summed E-state index contributed by atoms with van der Waals surface area (Å²) in [6.07, 6.45) is 1.46. The molecule has 0 atom stereocenters. The number of benzene rings is 2. The molecule has 6 heteroatoms. The molecular weight excluding hydrogens is 330 g/mol. The molecule has 2 aromatic carbocycles. The van der Waals surface area contributed by atoms with Crippen molar-refractivity contribution in [2.45, 2.75) is 20.5 Å². The van der Waals surface area contributed by atoms with Gasteiger partial charge in [-0.25, -0.2) is 5.43 Å². The van der Waals surface area contributed by atoms with Crippen LogP contribution in [-0.4, -0.2) is 24.6 Å². The van der Waals surface area contributed by atoms with E-state index in [1.54, 1.807) is 6.07 Å². The fourth-order valence-corrected chi connectivity index (χ4v) is 2.02. The summed E-state index contributed by atoms with van der Waals surface area (Å²) in [6.45, 7) is 4.80. The van der Waals surface area contributed by atoms with Crippen LogP contribution in [-0.2, 0) is 16.2 Å². The number of carbonyl (C=O) groups is 2. The Morgan fingerprint density at radius 1 is 1.08 bits per heavy atom. The van der Waals surface area contributed by atoms with E-state index in [-0.39, 0.29) is 5.92 Å². The quantitative estimate of drug-likeness (QED) is 0.456. The first-order chi connectivity index (χ1) is 12.5. The molecule has 0 saturated heterocycles. The Bertz CT molecular complexity index is 758. The number of rotatable bonds is 7. The molecule has 2 amide bonds. The highest BCUT2D eigenvalue weighted by atomic mass is 16.5. The van der Waals surface area contributed by atoms with Crippen molar-refractivity contribution in [3.8, 4) is 5.75 Å². The Morgan fingerprint density at radius 3 is 2.58 bits per heavy atom. The van der Waals surface area contributed by atoms with Gasteiger partial charge < -0.3 is 10.1 Å². The predicted octanol–water partition coefficient (Wildman–Crippen LogP) is 2.49. The highest BCUT2D eigenvalue weighted by molar-refractivity contribution is 6.35. The van der Waals surface area contributed by atoms with Gasteiger partial charge in [-0.3, -0.25) is 9.59 Å². The number of nitrogens with one attached hydrogen (secondary N) is 2. The number of nitrogens with zero attached hydrogens (tertiary/aromatic N) is 1. The van der Waals surface area contributed by atoms with Crippen LogP contribution in [0.4, 0.5) is 0 Å². The first-order valence-corrected chi connectivity index (χ1v) is 8.42. The van der Waals surface area contributed by atoms with Gasteiger partial charge in [-0.1, -0.05) is 56.3 Å². The Balaban J connectivity index is 1.84. The second-order valence-corrected chi connectivity index (χ2v) is 6.15. The minimum absolute atomic E-state index is 0.272. The summed E-state index contributed by atoms with van der Waals surface area (Å²) in [5.41, 5.74) is 4.03. The molecule has 0 spiro atoms. The van der Waals surface area contributed by atoms with Crippen LogP contribution in [0.25, 0.3) is 0 Å². The summed E-state index contributed by atoms with van der Waals surface area (Å²) in [5.74, 6) is -0.526. The maximum atomic E-state index is 11.6. The van der Waals surface area contributed by atoms with Crippen LogP contribution in [0.2, 0.25) is 0 Å². The number of carbonyl (C=O) groups excluding carboxylic acids is 2. The molecule has 0 heterocycles. The fraction of sp³-hybridized carbons (Fsp3) is 0.250. The van der Waals surface area contributed by atoms with Gasteiger partial charge in [0.1, 0.15) is 12.4 Å². The normalized spacial score (nSPS) is 10.7. The second kappa shape index (κ2) is 9.98. The second-order valence-electron chi connectivity index (χ2n) is 6.15. The molecular formula is C20H23N3O3. The molecule has 0 saturated carbocycles. The van der Waals surface area contributed by atoms with Crippen molar-refractivity contribution >= 4 is 18.0 Å². The summed E-state index contributed by atoms with van der Waals surface area (Å²) in [5, 5.41) is 6.34. The highest BCUT2D eigenvalue weighted by Crippen LogP contribution is 2.14. The molecule has 2 rings (SSSR count). The van der Waals surface area contributed by atoms with E-state index in [9.17, 15) is 9.59 Å². The van der Waals surface area contributed by atoms with Crippen molar-refractivity contribution < 1.29 is 14.3 Å². The molecule has 0 bridgehead atoms. The third-order valence-corrected chi connectivity index (χ3v) is 3.36. The zero-order valence-corrected chi connectivity index (χ0v) is 14.9. The van der Waals surface area contributed by atoms with E-state index in [2.05, 4.69) is 15.8 Å². The van der Waals surface area contributed by atoms with Gasteiger partial charge >= 0.3 is 11.8 Å². The standard InChI is InChI=1S/C20H23N3O3/c1-15(2)12-21-19(24)20(25)23-22-13-17-9-6-10-18(11-17)26-14-16-7-4-3-5-8-16/h3-11,13,15H,12,14H2,1-2H3,(H,21,24)(H,23,25)/b22-13+. The number of hydrazone groups is 1. The van der Waals surface area contributed by atoms with Gasteiger partial charge in [0.2, 0.25) is 0 Å². The molecule has 2 aromatic rings. The van der Waals surface area contributed by atoms with Gasteiger partial charge in [0.25, 0.3) is 0 Å². The number of amides is 2. The Labute approximate surface area is 153 Å². The van der Waals surface area contributed by atoms with Crippen LogP contribution in [0.1, 0.15) is 25.0 Å². The van der Waals surface area contributed by atoms with Crippen molar-refractivity contribution in [1.82, 2.24) is 10.7 Å². The smallest absolute Gasteiger partial charge is 0.329 e. The first kappa shape index (κ1) is 19.2. The molecule has 0 fully saturated rings. The Kier molecular flexibility index (Phi) is 7.36. The third-order valence-electron chi connectivity index (χ3n) is 3.36. The predicted molar refractivity (Wildman–Crippen MR) is 101 cm³/mol. The molecule has 0 aromatic heterocycles. The molecule has 136 valence electrons. The van der Waals surface area contributed by atoms with E-state index in [4.69, 9.17) is 4.74 Å². The molecule has 6 nitrogen and oxygen atoms in total. The van der Waals surface area contributed by atoms with E-state index < -0.39 is 11.8 Å². The van der Waals surface area contributed by atoms with E-state index in [0.29, 0.717) is 18.9 Å². The minimum Gasteiger partial charge on any atom is -0.489 e. The summed E-state index contributed by atoms with van der Waals surface area (Å²) in [7, 11) is 0. The maximum absolute atomic E-state index is 11.6. The maximum Gasteiger partial charge on any atom is 0.329 e. The summed E-state index contributed by atoms with van der Waals surface area (Å²) < 4.78 is 5.74. The molecule has 0 aliphatic carbocycles. The number of hydrogen-bond donors (Lipinski definition) is 2.